The average molecular weight is 355 g/mol. The number of imidazole rings is 1. The van der Waals surface area contributed by atoms with Gasteiger partial charge in [0, 0.05) is 26.1 Å². The number of benzene rings is 1. The van der Waals surface area contributed by atoms with Gasteiger partial charge in [-0.2, -0.15) is 0 Å². The number of anilines is 1. The number of oxazole rings is 1. The van der Waals surface area contributed by atoms with Crippen LogP contribution >= 0.6 is 0 Å². The lowest BCUT2D eigenvalue weighted by Gasteiger charge is -2.30. The first-order valence-corrected chi connectivity index (χ1v) is 8.71. The zero-order valence-corrected chi connectivity index (χ0v) is 14.6. The highest BCUT2D eigenvalue weighted by Crippen LogP contribution is 2.24. The van der Waals surface area contributed by atoms with Crippen molar-refractivity contribution in [3.63, 3.8) is 0 Å². The predicted molar refractivity (Wildman–Crippen MR) is 96.3 cm³/mol. The summed E-state index contributed by atoms with van der Waals surface area (Å²) in [6.07, 6.45) is 2.41. The minimum absolute atomic E-state index is 0.192. The SMILES string of the molecule is Cc1ncc(Cn2c(NC3CCN(C(=O)O)CC3)nc3ccccc32)o1. The molecule has 0 bridgehead atoms. The lowest BCUT2D eigenvalue weighted by molar-refractivity contribution is 0.133. The molecule has 4 rings (SSSR count). The van der Waals surface area contributed by atoms with Crippen LogP contribution in [0.2, 0.25) is 0 Å². The first-order valence-electron chi connectivity index (χ1n) is 8.71. The van der Waals surface area contributed by atoms with E-state index < -0.39 is 6.09 Å². The van der Waals surface area contributed by atoms with Crippen molar-refractivity contribution in [2.75, 3.05) is 18.4 Å². The van der Waals surface area contributed by atoms with Crippen LogP contribution in [0.3, 0.4) is 0 Å². The smallest absolute Gasteiger partial charge is 0.407 e. The number of carboxylic acid groups (broad SMARTS) is 1. The lowest BCUT2D eigenvalue weighted by atomic mass is 10.1. The van der Waals surface area contributed by atoms with Crippen molar-refractivity contribution < 1.29 is 14.3 Å². The van der Waals surface area contributed by atoms with E-state index in [9.17, 15) is 4.79 Å². The van der Waals surface area contributed by atoms with E-state index in [0.29, 0.717) is 25.5 Å². The second kappa shape index (κ2) is 6.70. The molecule has 0 unspecified atom stereocenters. The van der Waals surface area contributed by atoms with Gasteiger partial charge in [0.1, 0.15) is 5.76 Å². The minimum atomic E-state index is -0.851. The molecule has 1 aliphatic rings. The fourth-order valence-corrected chi connectivity index (χ4v) is 3.38. The number of rotatable bonds is 4. The monoisotopic (exact) mass is 355 g/mol. The molecule has 3 aromatic rings. The van der Waals surface area contributed by atoms with Crippen LogP contribution in [-0.2, 0) is 6.54 Å². The molecule has 0 aliphatic carbocycles. The number of nitrogens with one attached hydrogen (secondary N) is 1. The van der Waals surface area contributed by atoms with Gasteiger partial charge in [0.15, 0.2) is 5.89 Å². The third-order valence-electron chi connectivity index (χ3n) is 4.74. The molecular formula is C18H21N5O3. The summed E-state index contributed by atoms with van der Waals surface area (Å²) in [7, 11) is 0. The van der Waals surface area contributed by atoms with Crippen molar-refractivity contribution in [3.05, 3.63) is 42.1 Å². The maximum absolute atomic E-state index is 11.1. The van der Waals surface area contributed by atoms with E-state index in [-0.39, 0.29) is 6.04 Å². The van der Waals surface area contributed by atoms with Crippen molar-refractivity contribution in [1.29, 1.82) is 0 Å². The Labute approximate surface area is 150 Å². The van der Waals surface area contributed by atoms with Crippen LogP contribution in [0.15, 0.2) is 34.9 Å². The first kappa shape index (κ1) is 16.4. The Kier molecular flexibility index (Phi) is 4.24. The second-order valence-corrected chi connectivity index (χ2v) is 6.54. The van der Waals surface area contributed by atoms with E-state index in [1.165, 1.54) is 4.90 Å². The molecule has 136 valence electrons. The molecule has 0 spiro atoms. The summed E-state index contributed by atoms with van der Waals surface area (Å²) in [5.41, 5.74) is 1.93. The van der Waals surface area contributed by atoms with Gasteiger partial charge in [0.05, 0.1) is 23.8 Å². The van der Waals surface area contributed by atoms with Crippen LogP contribution in [-0.4, -0.2) is 49.8 Å². The van der Waals surface area contributed by atoms with Crippen molar-refractivity contribution in [2.45, 2.75) is 32.4 Å². The molecular weight excluding hydrogens is 334 g/mol. The van der Waals surface area contributed by atoms with Crippen LogP contribution < -0.4 is 5.32 Å². The number of hydrogen-bond donors (Lipinski definition) is 2. The van der Waals surface area contributed by atoms with Crippen molar-refractivity contribution in [3.8, 4) is 0 Å². The summed E-state index contributed by atoms with van der Waals surface area (Å²) in [5, 5.41) is 12.6. The summed E-state index contributed by atoms with van der Waals surface area (Å²) >= 11 is 0. The van der Waals surface area contributed by atoms with Crippen molar-refractivity contribution in [2.24, 2.45) is 0 Å². The van der Waals surface area contributed by atoms with Crippen LogP contribution in [0.25, 0.3) is 11.0 Å². The van der Waals surface area contributed by atoms with Crippen LogP contribution in [0, 0.1) is 6.92 Å². The number of piperidine rings is 1. The highest BCUT2D eigenvalue weighted by atomic mass is 16.4. The van der Waals surface area contributed by atoms with Gasteiger partial charge >= 0.3 is 6.09 Å². The molecule has 26 heavy (non-hydrogen) atoms. The first-order chi connectivity index (χ1) is 12.6. The molecule has 0 atom stereocenters. The van der Waals surface area contributed by atoms with Gasteiger partial charge < -0.3 is 24.3 Å². The van der Waals surface area contributed by atoms with Crippen molar-refractivity contribution >= 4 is 23.1 Å². The van der Waals surface area contributed by atoms with Gasteiger partial charge in [0.25, 0.3) is 0 Å². The normalized spacial score (nSPS) is 15.5. The summed E-state index contributed by atoms with van der Waals surface area (Å²) in [6, 6.07) is 8.16. The molecule has 8 nitrogen and oxygen atoms in total. The van der Waals surface area contributed by atoms with Gasteiger partial charge in [-0.25, -0.2) is 14.8 Å². The van der Waals surface area contributed by atoms with Crippen LogP contribution in [0.1, 0.15) is 24.5 Å². The number of nitrogens with zero attached hydrogens (tertiary/aromatic N) is 4. The van der Waals surface area contributed by atoms with Crippen LogP contribution in [0.5, 0.6) is 0 Å². The Hall–Kier alpha value is -3.03. The Morgan fingerprint density at radius 2 is 2.12 bits per heavy atom. The number of para-hydroxylation sites is 2. The molecule has 1 saturated heterocycles. The molecule has 1 amide bonds. The van der Waals surface area contributed by atoms with E-state index in [4.69, 9.17) is 14.5 Å². The number of aromatic nitrogens is 3. The Bertz CT molecular complexity index is 924. The number of likely N-dealkylation sites (tertiary alicyclic amines) is 1. The van der Waals surface area contributed by atoms with E-state index in [1.54, 1.807) is 6.20 Å². The van der Waals surface area contributed by atoms with Gasteiger partial charge in [0.2, 0.25) is 5.95 Å². The van der Waals surface area contributed by atoms with E-state index in [0.717, 1.165) is 35.6 Å². The molecule has 0 radical (unpaired) electrons. The lowest BCUT2D eigenvalue weighted by Crippen LogP contribution is -2.42. The molecule has 2 aromatic heterocycles. The molecule has 1 aliphatic heterocycles. The number of fused-ring (bicyclic) bond motifs is 1. The molecule has 3 heterocycles. The standard InChI is InChI=1S/C18H21N5O3/c1-12-19-10-14(26-12)11-23-16-5-3-2-4-15(16)21-17(23)20-13-6-8-22(9-7-13)18(24)25/h2-5,10,13H,6-9,11H2,1H3,(H,20,21)(H,24,25). The topological polar surface area (TPSA) is 96.4 Å². The van der Waals surface area contributed by atoms with Gasteiger partial charge in [-0.3, -0.25) is 0 Å². The second-order valence-electron chi connectivity index (χ2n) is 6.54. The minimum Gasteiger partial charge on any atom is -0.465 e. The molecule has 0 saturated carbocycles. The molecule has 2 N–H and O–H groups in total. The highest BCUT2D eigenvalue weighted by Gasteiger charge is 2.24. The number of hydrogen-bond acceptors (Lipinski definition) is 5. The molecule has 1 fully saturated rings. The zero-order chi connectivity index (χ0) is 18.1. The number of aryl methyl sites for hydroxylation is 1. The molecule has 1 aromatic carbocycles. The third-order valence-corrected chi connectivity index (χ3v) is 4.74. The number of carbonyl (C=O) groups is 1. The number of amides is 1. The average Bonchev–Trinajstić information content (AvgIpc) is 3.20. The van der Waals surface area contributed by atoms with E-state index in [1.807, 2.05) is 31.2 Å². The van der Waals surface area contributed by atoms with Gasteiger partial charge in [-0.05, 0) is 25.0 Å². The Morgan fingerprint density at radius 1 is 1.35 bits per heavy atom. The highest BCUT2D eigenvalue weighted by molar-refractivity contribution is 5.78. The van der Waals surface area contributed by atoms with Gasteiger partial charge in [-0.1, -0.05) is 12.1 Å². The Morgan fingerprint density at radius 3 is 2.81 bits per heavy atom. The summed E-state index contributed by atoms with van der Waals surface area (Å²) in [4.78, 5) is 21.4. The van der Waals surface area contributed by atoms with E-state index >= 15 is 0 Å². The van der Waals surface area contributed by atoms with E-state index in [2.05, 4.69) is 14.9 Å². The fraction of sp³-hybridized carbons (Fsp3) is 0.389. The fourth-order valence-electron chi connectivity index (χ4n) is 3.38. The maximum atomic E-state index is 11.1. The van der Waals surface area contributed by atoms with Crippen LogP contribution in [0.4, 0.5) is 10.7 Å². The molecule has 8 heteroatoms. The summed E-state index contributed by atoms with van der Waals surface area (Å²) < 4.78 is 7.71. The zero-order valence-electron chi connectivity index (χ0n) is 14.6. The predicted octanol–water partition coefficient (Wildman–Crippen LogP) is 2.94. The Balaban J connectivity index is 1.58. The largest absolute Gasteiger partial charge is 0.465 e. The quantitative estimate of drug-likeness (QED) is 0.747. The summed E-state index contributed by atoms with van der Waals surface area (Å²) in [6.45, 7) is 3.44. The third kappa shape index (κ3) is 3.22. The van der Waals surface area contributed by atoms with Crippen molar-refractivity contribution in [1.82, 2.24) is 19.4 Å². The maximum Gasteiger partial charge on any atom is 0.407 e. The van der Waals surface area contributed by atoms with Gasteiger partial charge in [-0.15, -0.1) is 0 Å². The summed E-state index contributed by atoms with van der Waals surface area (Å²) in [5.74, 6) is 2.18.